The van der Waals surface area contributed by atoms with Gasteiger partial charge in [0.25, 0.3) is 0 Å². The molecule has 36 heavy (non-hydrogen) atoms. The minimum Gasteiger partial charge on any atom is -0.493 e. The van der Waals surface area contributed by atoms with Crippen molar-refractivity contribution in [2.24, 2.45) is 0 Å². The number of hydrogen-bond acceptors (Lipinski definition) is 7. The molecule has 0 spiro atoms. The van der Waals surface area contributed by atoms with Gasteiger partial charge in [0.1, 0.15) is 6.33 Å². The summed E-state index contributed by atoms with van der Waals surface area (Å²) in [5.74, 6) is 0.849. The van der Waals surface area contributed by atoms with Crippen LogP contribution in [-0.4, -0.2) is 69.6 Å². The van der Waals surface area contributed by atoms with Crippen LogP contribution < -0.4 is 15.0 Å². The van der Waals surface area contributed by atoms with Crippen LogP contribution in [0.2, 0.25) is 0 Å². The minimum absolute atomic E-state index is 0.0703. The highest BCUT2D eigenvalue weighted by Crippen LogP contribution is 2.40. The lowest BCUT2D eigenvalue weighted by Gasteiger charge is -2.44. The van der Waals surface area contributed by atoms with Crippen molar-refractivity contribution < 1.29 is 13.9 Å². The summed E-state index contributed by atoms with van der Waals surface area (Å²) in [6.45, 7) is 9.40. The van der Waals surface area contributed by atoms with Crippen LogP contribution in [0, 0.1) is 5.82 Å². The Morgan fingerprint density at radius 2 is 2.03 bits per heavy atom. The molecule has 2 aliphatic heterocycles. The minimum atomic E-state index is -0.265. The molecule has 0 radical (unpaired) electrons. The van der Waals surface area contributed by atoms with Gasteiger partial charge in [-0.2, -0.15) is 5.10 Å². The number of aromatic nitrogens is 5. The second-order valence-corrected chi connectivity index (χ2v) is 10.5. The van der Waals surface area contributed by atoms with E-state index in [0.717, 1.165) is 56.0 Å². The quantitative estimate of drug-likeness (QED) is 0.421. The van der Waals surface area contributed by atoms with E-state index in [1.54, 1.807) is 17.8 Å². The maximum Gasteiger partial charge on any atom is 0.197 e. The first-order valence-electron chi connectivity index (χ1n) is 12.5. The van der Waals surface area contributed by atoms with E-state index in [1.807, 2.05) is 12.3 Å². The number of H-pyrrole nitrogens is 1. The number of rotatable bonds is 6. The van der Waals surface area contributed by atoms with Gasteiger partial charge >= 0.3 is 0 Å². The van der Waals surface area contributed by atoms with Crippen LogP contribution in [0.3, 0.4) is 0 Å². The number of pyridine rings is 2. The van der Waals surface area contributed by atoms with Gasteiger partial charge in [-0.1, -0.05) is 13.8 Å². The van der Waals surface area contributed by atoms with Crippen molar-refractivity contribution in [2.45, 2.75) is 51.1 Å². The van der Waals surface area contributed by atoms with Crippen molar-refractivity contribution in [1.29, 1.82) is 0 Å². The first-order valence-corrected chi connectivity index (χ1v) is 12.5. The molecule has 0 amide bonds. The molecular weight excluding hydrogens is 461 g/mol. The van der Waals surface area contributed by atoms with Crippen LogP contribution in [0.1, 0.15) is 45.1 Å². The summed E-state index contributed by atoms with van der Waals surface area (Å²) in [4.78, 5) is 14.3. The maximum atomic E-state index is 16.2. The molecule has 2 saturated heterocycles. The normalized spacial score (nSPS) is 18.3. The number of methoxy groups -OCH3 is 1. The van der Waals surface area contributed by atoms with E-state index in [0.29, 0.717) is 34.2 Å². The second-order valence-electron chi connectivity index (χ2n) is 10.5. The summed E-state index contributed by atoms with van der Waals surface area (Å²) in [5.41, 5.74) is 4.00. The molecule has 0 bridgehead atoms. The SMILES string of the molecule is COc1cc(-c2[nH]c3cnc(N4CCC(NC5(C)COC5)CC4)c(F)c3c2C(C)C)cn2ncnc12. The number of fused-ring (bicyclic) bond motifs is 2. The molecule has 2 N–H and O–H groups in total. The maximum absolute atomic E-state index is 16.2. The second kappa shape index (κ2) is 8.70. The van der Waals surface area contributed by atoms with E-state index < -0.39 is 0 Å². The first-order chi connectivity index (χ1) is 17.4. The van der Waals surface area contributed by atoms with Crippen molar-refractivity contribution in [3.63, 3.8) is 0 Å². The predicted molar refractivity (Wildman–Crippen MR) is 136 cm³/mol. The Labute approximate surface area is 209 Å². The lowest BCUT2D eigenvalue weighted by molar-refractivity contribution is -0.0704. The molecule has 4 aromatic heterocycles. The van der Waals surface area contributed by atoms with Crippen LogP contribution in [0.15, 0.2) is 24.8 Å². The number of nitrogens with one attached hydrogen (secondary N) is 2. The van der Waals surface area contributed by atoms with Crippen molar-refractivity contribution in [1.82, 2.24) is 29.9 Å². The number of hydrogen-bond donors (Lipinski definition) is 2. The van der Waals surface area contributed by atoms with Crippen molar-refractivity contribution in [2.75, 3.05) is 38.3 Å². The average molecular weight is 494 g/mol. The summed E-state index contributed by atoms with van der Waals surface area (Å²) >= 11 is 0. The molecule has 9 nitrogen and oxygen atoms in total. The Kier molecular flexibility index (Phi) is 5.60. The number of piperidine rings is 1. The zero-order valence-corrected chi connectivity index (χ0v) is 21.1. The number of ether oxygens (including phenoxy) is 2. The number of nitrogens with zero attached hydrogens (tertiary/aromatic N) is 5. The van der Waals surface area contributed by atoms with Gasteiger partial charge in [-0.05, 0) is 37.3 Å². The van der Waals surface area contributed by atoms with Crippen LogP contribution in [-0.2, 0) is 4.74 Å². The predicted octanol–water partition coefficient (Wildman–Crippen LogP) is 3.89. The van der Waals surface area contributed by atoms with E-state index in [4.69, 9.17) is 9.47 Å². The van der Waals surface area contributed by atoms with Crippen molar-refractivity contribution in [3.05, 3.63) is 36.2 Å². The molecule has 2 aliphatic rings. The molecule has 0 unspecified atom stereocenters. The highest BCUT2D eigenvalue weighted by molar-refractivity contribution is 5.93. The van der Waals surface area contributed by atoms with E-state index in [1.165, 1.54) is 6.33 Å². The fourth-order valence-electron chi connectivity index (χ4n) is 5.59. The molecule has 0 aromatic carbocycles. The Hall–Kier alpha value is -3.24. The third-order valence-electron chi connectivity index (χ3n) is 7.42. The van der Waals surface area contributed by atoms with E-state index in [2.05, 4.69) is 51.0 Å². The summed E-state index contributed by atoms with van der Waals surface area (Å²) in [5, 5.41) is 8.60. The van der Waals surface area contributed by atoms with Crippen LogP contribution in [0.25, 0.3) is 27.8 Å². The molecule has 0 saturated carbocycles. The Morgan fingerprint density at radius 3 is 2.69 bits per heavy atom. The third-order valence-corrected chi connectivity index (χ3v) is 7.42. The zero-order valence-electron chi connectivity index (χ0n) is 21.1. The van der Waals surface area contributed by atoms with Gasteiger partial charge in [0, 0.05) is 36.3 Å². The monoisotopic (exact) mass is 493 g/mol. The molecule has 190 valence electrons. The third kappa shape index (κ3) is 3.79. The highest BCUT2D eigenvalue weighted by Gasteiger charge is 2.36. The van der Waals surface area contributed by atoms with Crippen LogP contribution in [0.4, 0.5) is 10.2 Å². The molecule has 4 aromatic rings. The van der Waals surface area contributed by atoms with E-state index in [-0.39, 0.29) is 17.3 Å². The van der Waals surface area contributed by atoms with Gasteiger partial charge in [-0.25, -0.2) is 18.9 Å². The fraction of sp³-hybridized carbons (Fsp3) is 0.500. The number of halogens is 1. The van der Waals surface area contributed by atoms with Gasteiger partial charge in [0.2, 0.25) is 0 Å². The van der Waals surface area contributed by atoms with Crippen molar-refractivity contribution in [3.8, 4) is 17.0 Å². The Morgan fingerprint density at radius 1 is 1.25 bits per heavy atom. The Bertz CT molecular complexity index is 1420. The molecule has 10 heteroatoms. The van der Waals surface area contributed by atoms with Gasteiger partial charge in [0.05, 0.1) is 43.3 Å². The summed E-state index contributed by atoms with van der Waals surface area (Å²) in [7, 11) is 1.61. The highest BCUT2D eigenvalue weighted by atomic mass is 19.1. The summed E-state index contributed by atoms with van der Waals surface area (Å²) in [6.07, 6.45) is 7.03. The topological polar surface area (TPSA) is 92.6 Å². The Balaban J connectivity index is 1.35. The molecule has 2 fully saturated rings. The lowest BCUT2D eigenvalue weighted by Crippen LogP contribution is -2.62. The van der Waals surface area contributed by atoms with Gasteiger partial charge in [0.15, 0.2) is 23.0 Å². The van der Waals surface area contributed by atoms with Crippen molar-refractivity contribution >= 4 is 22.4 Å². The zero-order chi connectivity index (χ0) is 25.0. The van der Waals surface area contributed by atoms with Gasteiger partial charge in [-0.3, -0.25) is 0 Å². The van der Waals surface area contributed by atoms with Crippen LogP contribution in [0.5, 0.6) is 5.75 Å². The average Bonchev–Trinajstić information content (AvgIpc) is 3.48. The van der Waals surface area contributed by atoms with E-state index in [9.17, 15) is 0 Å². The lowest BCUT2D eigenvalue weighted by atomic mass is 9.95. The fourth-order valence-corrected chi connectivity index (χ4v) is 5.59. The molecule has 6 rings (SSSR count). The summed E-state index contributed by atoms with van der Waals surface area (Å²) < 4.78 is 28.8. The van der Waals surface area contributed by atoms with E-state index >= 15 is 4.39 Å². The van der Waals surface area contributed by atoms with Gasteiger partial charge in [-0.15, -0.1) is 0 Å². The number of anilines is 1. The first kappa shape index (κ1) is 23.2. The molecule has 0 aliphatic carbocycles. The summed E-state index contributed by atoms with van der Waals surface area (Å²) in [6, 6.07) is 2.33. The molecule has 6 heterocycles. The smallest absolute Gasteiger partial charge is 0.197 e. The number of aromatic amines is 1. The van der Waals surface area contributed by atoms with Gasteiger partial charge < -0.3 is 24.7 Å². The largest absolute Gasteiger partial charge is 0.493 e. The van der Waals surface area contributed by atoms with Crippen LogP contribution >= 0.6 is 0 Å². The standard InChI is InChI=1S/C26H32FN7O2/c1-15(2)20-21-18(31-23(20)16-9-19(35-4)24-29-14-30-34(24)11-16)10-28-25(22(21)27)33-7-5-17(6-8-33)32-26(3)12-36-13-26/h9-11,14-15,17,31-32H,5-8,12-13H2,1-4H3. The molecular formula is C26H32FN7O2. The molecule has 0 atom stereocenters.